The third-order valence-electron chi connectivity index (χ3n) is 4.27. The van der Waals surface area contributed by atoms with Crippen LogP contribution < -0.4 is 5.73 Å². The summed E-state index contributed by atoms with van der Waals surface area (Å²) in [6.07, 6.45) is 5.48. The number of nitrogens with two attached hydrogens (primary N) is 1. The fraction of sp³-hybridized carbons (Fsp3) is 0.0526. The van der Waals surface area contributed by atoms with Crippen LogP contribution in [-0.2, 0) is 0 Å². The van der Waals surface area contributed by atoms with Crippen molar-refractivity contribution in [2.24, 2.45) is 5.73 Å². The van der Waals surface area contributed by atoms with Crippen molar-refractivity contribution in [3.63, 3.8) is 0 Å². The molecule has 3 aromatic heterocycles. The third kappa shape index (κ3) is 2.58. The minimum Gasteiger partial charge on any atom is -0.364 e. The largest absolute Gasteiger partial charge is 0.364 e. The summed E-state index contributed by atoms with van der Waals surface area (Å²) in [5, 5.41) is 1.58. The zero-order valence-electron chi connectivity index (χ0n) is 13.5. The second-order valence-corrected chi connectivity index (χ2v) is 6.31. The first-order chi connectivity index (χ1) is 12.0. The molecule has 3 heterocycles. The maximum absolute atomic E-state index is 12.0. The van der Waals surface area contributed by atoms with Crippen LogP contribution in [0.2, 0.25) is 5.02 Å². The lowest BCUT2D eigenvalue weighted by Crippen LogP contribution is -2.16. The first-order valence-corrected chi connectivity index (χ1v) is 8.13. The molecule has 0 spiro atoms. The van der Waals surface area contributed by atoms with Gasteiger partial charge < -0.3 is 15.3 Å². The van der Waals surface area contributed by atoms with Gasteiger partial charge in [-0.05, 0) is 48.4 Å². The highest BCUT2D eigenvalue weighted by Crippen LogP contribution is 2.31. The predicted octanol–water partition coefficient (Wildman–Crippen LogP) is 4.08. The number of fused-ring (bicyclic) bond motifs is 1. The molecule has 124 valence electrons. The summed E-state index contributed by atoms with van der Waals surface area (Å²) in [6.45, 7) is 1.97. The van der Waals surface area contributed by atoms with E-state index in [9.17, 15) is 4.79 Å². The molecule has 5 nitrogen and oxygen atoms in total. The number of nitrogens with zero attached hydrogens (tertiary/aromatic N) is 2. The van der Waals surface area contributed by atoms with Crippen molar-refractivity contribution in [1.29, 1.82) is 0 Å². The molecule has 4 aromatic rings. The van der Waals surface area contributed by atoms with Gasteiger partial charge in [0.1, 0.15) is 11.3 Å². The number of amides is 1. The highest BCUT2D eigenvalue weighted by Gasteiger charge is 2.16. The van der Waals surface area contributed by atoms with Crippen LogP contribution in [0.15, 0.2) is 55.0 Å². The molecular weight excluding hydrogens is 336 g/mol. The fourth-order valence-electron chi connectivity index (χ4n) is 3.05. The van der Waals surface area contributed by atoms with E-state index in [4.69, 9.17) is 17.3 Å². The number of primary amides is 1. The molecule has 0 aliphatic carbocycles. The number of nitrogens with one attached hydrogen (secondary N) is 1. The molecule has 6 heteroatoms. The second-order valence-electron chi connectivity index (χ2n) is 5.88. The van der Waals surface area contributed by atoms with Crippen molar-refractivity contribution < 1.29 is 4.79 Å². The molecule has 0 aliphatic rings. The van der Waals surface area contributed by atoms with Crippen LogP contribution in [0.1, 0.15) is 16.1 Å². The molecular formula is C19H15ClN4O. The topological polar surface area (TPSA) is 76.7 Å². The van der Waals surface area contributed by atoms with Gasteiger partial charge in [0.2, 0.25) is 0 Å². The highest BCUT2D eigenvalue weighted by atomic mass is 35.5. The Bertz CT molecular complexity index is 1110. The van der Waals surface area contributed by atoms with E-state index >= 15 is 0 Å². The van der Waals surface area contributed by atoms with E-state index in [1.807, 2.05) is 49.6 Å². The monoisotopic (exact) mass is 350 g/mol. The van der Waals surface area contributed by atoms with Crippen LogP contribution in [0, 0.1) is 6.92 Å². The molecule has 0 radical (unpaired) electrons. The van der Waals surface area contributed by atoms with Crippen LogP contribution in [0.25, 0.3) is 27.8 Å². The number of hydrogen-bond acceptors (Lipinski definition) is 2. The van der Waals surface area contributed by atoms with Crippen LogP contribution in [0.5, 0.6) is 0 Å². The molecule has 0 atom stereocenters. The Kier molecular flexibility index (Phi) is 3.58. The van der Waals surface area contributed by atoms with Crippen molar-refractivity contribution in [2.75, 3.05) is 0 Å². The Morgan fingerprint density at radius 3 is 2.88 bits per heavy atom. The maximum atomic E-state index is 12.0. The van der Waals surface area contributed by atoms with Gasteiger partial charge in [-0.3, -0.25) is 4.79 Å². The lowest BCUT2D eigenvalue weighted by atomic mass is 10.1. The molecule has 4 rings (SSSR count). The SMILES string of the molecule is Cc1ccc(Cl)cc1-n1cc(-c2ccnc3[nH]ccc23)cc1C(N)=O. The van der Waals surface area contributed by atoms with E-state index in [0.29, 0.717) is 10.7 Å². The van der Waals surface area contributed by atoms with Crippen LogP contribution in [-0.4, -0.2) is 20.4 Å². The molecule has 1 aromatic carbocycles. The summed E-state index contributed by atoms with van der Waals surface area (Å²) in [5.74, 6) is -0.495. The molecule has 0 unspecified atom stereocenters. The first-order valence-electron chi connectivity index (χ1n) is 7.76. The number of hydrogen-bond donors (Lipinski definition) is 2. The Hall–Kier alpha value is -3.05. The number of aromatic nitrogens is 3. The summed E-state index contributed by atoms with van der Waals surface area (Å²) >= 11 is 6.14. The Balaban J connectivity index is 1.97. The number of carbonyl (C=O) groups excluding carboxylic acids is 1. The Labute approximate surface area is 149 Å². The van der Waals surface area contributed by atoms with Gasteiger partial charge in [0.05, 0.1) is 5.69 Å². The van der Waals surface area contributed by atoms with Crippen molar-refractivity contribution in [1.82, 2.24) is 14.5 Å². The molecule has 0 aliphatic heterocycles. The standard InChI is InChI=1S/C19H15ClN4O/c1-11-2-3-13(20)9-16(11)24-10-12(8-17(24)18(21)25)14-4-6-22-19-15(14)5-7-23-19/h2-10H,1H3,(H2,21,25)(H,22,23). The van der Waals surface area contributed by atoms with Gasteiger partial charge in [-0.15, -0.1) is 0 Å². The summed E-state index contributed by atoms with van der Waals surface area (Å²) in [4.78, 5) is 19.4. The first kappa shape index (κ1) is 15.5. The summed E-state index contributed by atoms with van der Waals surface area (Å²) < 4.78 is 1.79. The Morgan fingerprint density at radius 1 is 1.24 bits per heavy atom. The molecule has 3 N–H and O–H groups in total. The van der Waals surface area contributed by atoms with Crippen molar-refractivity contribution in [3.8, 4) is 16.8 Å². The zero-order chi connectivity index (χ0) is 17.6. The zero-order valence-corrected chi connectivity index (χ0v) is 14.2. The summed E-state index contributed by atoms with van der Waals surface area (Å²) in [5.41, 5.74) is 10.5. The average Bonchev–Trinajstić information content (AvgIpc) is 3.23. The van der Waals surface area contributed by atoms with Crippen molar-refractivity contribution in [2.45, 2.75) is 6.92 Å². The number of pyridine rings is 1. The smallest absolute Gasteiger partial charge is 0.265 e. The van der Waals surface area contributed by atoms with Crippen molar-refractivity contribution >= 4 is 28.5 Å². The second kappa shape index (κ2) is 5.79. The van der Waals surface area contributed by atoms with E-state index in [2.05, 4.69) is 9.97 Å². The van der Waals surface area contributed by atoms with E-state index in [1.165, 1.54) is 0 Å². The van der Waals surface area contributed by atoms with Gasteiger partial charge >= 0.3 is 0 Å². The van der Waals surface area contributed by atoms with Gasteiger partial charge in [-0.25, -0.2) is 4.98 Å². The molecule has 0 fully saturated rings. The summed E-state index contributed by atoms with van der Waals surface area (Å²) in [7, 11) is 0. The molecule has 0 saturated heterocycles. The number of aryl methyl sites for hydroxylation is 1. The number of H-pyrrole nitrogens is 1. The Morgan fingerprint density at radius 2 is 2.08 bits per heavy atom. The van der Waals surface area contributed by atoms with Gasteiger partial charge in [0, 0.05) is 34.6 Å². The van der Waals surface area contributed by atoms with Gasteiger partial charge in [0.25, 0.3) is 5.91 Å². The normalized spacial score (nSPS) is 11.1. The van der Waals surface area contributed by atoms with E-state index in [1.54, 1.807) is 16.8 Å². The van der Waals surface area contributed by atoms with Crippen molar-refractivity contribution in [3.05, 3.63) is 71.3 Å². The minimum absolute atomic E-state index is 0.404. The number of rotatable bonds is 3. The summed E-state index contributed by atoms with van der Waals surface area (Å²) in [6, 6.07) is 11.2. The average molecular weight is 351 g/mol. The molecule has 0 bridgehead atoms. The van der Waals surface area contributed by atoms with Gasteiger partial charge in [0.15, 0.2) is 0 Å². The predicted molar refractivity (Wildman–Crippen MR) is 99.1 cm³/mol. The van der Waals surface area contributed by atoms with Crippen LogP contribution in [0.3, 0.4) is 0 Å². The fourth-order valence-corrected chi connectivity index (χ4v) is 3.22. The molecule has 1 amide bonds. The van der Waals surface area contributed by atoms with E-state index in [0.717, 1.165) is 33.4 Å². The van der Waals surface area contributed by atoms with Crippen LogP contribution in [0.4, 0.5) is 0 Å². The van der Waals surface area contributed by atoms with E-state index < -0.39 is 5.91 Å². The number of benzene rings is 1. The number of carbonyl (C=O) groups is 1. The van der Waals surface area contributed by atoms with Gasteiger partial charge in [-0.2, -0.15) is 0 Å². The lowest BCUT2D eigenvalue weighted by molar-refractivity contribution is 0.0994. The third-order valence-corrected chi connectivity index (χ3v) is 4.51. The number of aromatic amines is 1. The number of halogens is 1. The van der Waals surface area contributed by atoms with E-state index in [-0.39, 0.29) is 0 Å². The molecule has 25 heavy (non-hydrogen) atoms. The lowest BCUT2D eigenvalue weighted by Gasteiger charge is -2.10. The van der Waals surface area contributed by atoms with Crippen LogP contribution >= 0.6 is 11.6 Å². The highest BCUT2D eigenvalue weighted by molar-refractivity contribution is 6.30. The maximum Gasteiger partial charge on any atom is 0.265 e. The minimum atomic E-state index is -0.495. The molecule has 0 saturated carbocycles. The quantitative estimate of drug-likeness (QED) is 0.584. The van der Waals surface area contributed by atoms with Gasteiger partial charge in [-0.1, -0.05) is 17.7 Å².